The fourth-order valence-corrected chi connectivity index (χ4v) is 5.13. The third-order valence-electron chi connectivity index (χ3n) is 6.92. The van der Waals surface area contributed by atoms with Gasteiger partial charge in [0.2, 0.25) is 5.91 Å². The molecule has 2 saturated heterocycles. The summed E-state index contributed by atoms with van der Waals surface area (Å²) in [5.41, 5.74) is 2.65. The Kier molecular flexibility index (Phi) is 5.62. The molecule has 3 aromatic rings. The smallest absolute Gasteiger partial charge is 0.274 e. The minimum Gasteiger partial charge on any atom is -0.370 e. The van der Waals surface area contributed by atoms with E-state index in [2.05, 4.69) is 27.4 Å². The summed E-state index contributed by atoms with van der Waals surface area (Å²) in [4.78, 5) is 30.0. The van der Waals surface area contributed by atoms with Crippen molar-refractivity contribution in [1.82, 2.24) is 20.0 Å². The van der Waals surface area contributed by atoms with E-state index in [0.29, 0.717) is 31.7 Å². The standard InChI is InChI=1S/C26H29N5O2/c1-29-13-12-23(28-29)25(33)30-16-21(15-27-24(32)14-20-8-4-2-5-9-20)26(17-30)18-31(19-26)22-10-6-3-7-11-22/h2-13,21H,14-19H2,1H3,(H,27,32). The van der Waals surface area contributed by atoms with E-state index in [1.54, 1.807) is 16.9 Å². The van der Waals surface area contributed by atoms with Crippen molar-refractivity contribution in [3.8, 4) is 0 Å². The van der Waals surface area contributed by atoms with Gasteiger partial charge in [-0.05, 0) is 23.8 Å². The molecule has 5 rings (SSSR count). The first-order chi connectivity index (χ1) is 16.0. The first kappa shape index (κ1) is 21.2. The van der Waals surface area contributed by atoms with Crippen LogP contribution in [0.2, 0.25) is 0 Å². The molecule has 7 heteroatoms. The maximum atomic E-state index is 13.1. The van der Waals surface area contributed by atoms with Crippen LogP contribution in [-0.4, -0.2) is 59.2 Å². The molecule has 1 N–H and O–H groups in total. The van der Waals surface area contributed by atoms with Crippen LogP contribution in [0.4, 0.5) is 5.69 Å². The number of carbonyl (C=O) groups excluding carboxylic acids is 2. The summed E-state index contributed by atoms with van der Waals surface area (Å²) in [7, 11) is 1.82. The van der Waals surface area contributed by atoms with E-state index < -0.39 is 0 Å². The highest BCUT2D eigenvalue weighted by Gasteiger charge is 2.55. The second-order valence-corrected chi connectivity index (χ2v) is 9.28. The molecule has 0 radical (unpaired) electrons. The number of anilines is 1. The van der Waals surface area contributed by atoms with Crippen LogP contribution in [0, 0.1) is 11.3 Å². The molecule has 3 heterocycles. The zero-order valence-corrected chi connectivity index (χ0v) is 18.9. The molecule has 7 nitrogen and oxygen atoms in total. The lowest BCUT2D eigenvalue weighted by molar-refractivity contribution is -0.120. The molecule has 0 aliphatic carbocycles. The molecule has 33 heavy (non-hydrogen) atoms. The van der Waals surface area contributed by atoms with Crippen molar-refractivity contribution >= 4 is 17.5 Å². The van der Waals surface area contributed by atoms with Gasteiger partial charge in [-0.3, -0.25) is 14.3 Å². The van der Waals surface area contributed by atoms with Crippen LogP contribution in [0.25, 0.3) is 0 Å². The average Bonchev–Trinajstić information content (AvgIpc) is 3.41. The Morgan fingerprint density at radius 2 is 1.70 bits per heavy atom. The van der Waals surface area contributed by atoms with Gasteiger partial charge in [0.05, 0.1) is 6.42 Å². The quantitative estimate of drug-likeness (QED) is 0.635. The molecule has 2 aliphatic heterocycles. The van der Waals surface area contributed by atoms with Crippen LogP contribution in [0.3, 0.4) is 0 Å². The number of nitrogens with one attached hydrogen (secondary N) is 1. The van der Waals surface area contributed by atoms with E-state index in [9.17, 15) is 9.59 Å². The molecule has 2 amide bonds. The predicted molar refractivity (Wildman–Crippen MR) is 127 cm³/mol. The monoisotopic (exact) mass is 443 g/mol. The van der Waals surface area contributed by atoms with E-state index in [1.807, 2.05) is 60.5 Å². The molecule has 1 atom stereocenters. The largest absolute Gasteiger partial charge is 0.370 e. The van der Waals surface area contributed by atoms with Crippen LogP contribution in [0.1, 0.15) is 16.1 Å². The number of aryl methyl sites for hydroxylation is 1. The van der Waals surface area contributed by atoms with E-state index >= 15 is 0 Å². The number of carbonyl (C=O) groups is 2. The number of amides is 2. The van der Waals surface area contributed by atoms with Gasteiger partial charge in [0.25, 0.3) is 5.91 Å². The van der Waals surface area contributed by atoms with Crippen LogP contribution >= 0.6 is 0 Å². The minimum absolute atomic E-state index is 0.0186. The molecular weight excluding hydrogens is 414 g/mol. The number of nitrogens with zero attached hydrogens (tertiary/aromatic N) is 4. The second-order valence-electron chi connectivity index (χ2n) is 9.28. The highest BCUT2D eigenvalue weighted by molar-refractivity contribution is 5.92. The average molecular weight is 444 g/mol. The van der Waals surface area contributed by atoms with Crippen LogP contribution in [0.15, 0.2) is 72.9 Å². The third-order valence-corrected chi connectivity index (χ3v) is 6.92. The van der Waals surface area contributed by atoms with Crippen molar-refractivity contribution in [2.45, 2.75) is 6.42 Å². The Hall–Kier alpha value is -3.61. The van der Waals surface area contributed by atoms with E-state index in [1.165, 1.54) is 5.69 Å². The fourth-order valence-electron chi connectivity index (χ4n) is 5.13. The molecular formula is C26H29N5O2. The number of para-hydroxylation sites is 1. The molecule has 1 aromatic heterocycles. The lowest BCUT2D eigenvalue weighted by Crippen LogP contribution is -2.62. The van der Waals surface area contributed by atoms with Crippen molar-refractivity contribution in [3.63, 3.8) is 0 Å². The molecule has 2 aliphatic rings. The summed E-state index contributed by atoms with van der Waals surface area (Å²) in [6, 6.07) is 21.9. The molecule has 0 bridgehead atoms. The molecule has 170 valence electrons. The molecule has 2 fully saturated rings. The first-order valence-corrected chi connectivity index (χ1v) is 11.4. The van der Waals surface area contributed by atoms with Gasteiger partial charge in [0.1, 0.15) is 5.69 Å². The lowest BCUT2D eigenvalue weighted by atomic mass is 9.71. The van der Waals surface area contributed by atoms with Crippen molar-refractivity contribution in [2.75, 3.05) is 37.6 Å². The van der Waals surface area contributed by atoms with Gasteiger partial charge < -0.3 is 15.1 Å². The zero-order valence-electron chi connectivity index (χ0n) is 18.9. The fraction of sp³-hybridized carbons (Fsp3) is 0.346. The molecule has 1 spiro atoms. The van der Waals surface area contributed by atoms with Crippen molar-refractivity contribution < 1.29 is 9.59 Å². The van der Waals surface area contributed by atoms with Crippen LogP contribution in [-0.2, 0) is 18.3 Å². The van der Waals surface area contributed by atoms with Crippen molar-refractivity contribution in [2.24, 2.45) is 18.4 Å². The number of likely N-dealkylation sites (tertiary alicyclic amines) is 1. The zero-order chi connectivity index (χ0) is 22.8. The Morgan fingerprint density at radius 3 is 2.36 bits per heavy atom. The SMILES string of the molecule is Cn1ccc(C(=O)N2CC(CNC(=O)Cc3ccccc3)C3(C2)CN(c2ccccc2)C3)n1. The Balaban J connectivity index is 1.28. The molecule has 0 saturated carbocycles. The Bertz CT molecular complexity index is 1120. The molecule has 1 unspecified atom stereocenters. The maximum absolute atomic E-state index is 13.1. The number of hydrogen-bond acceptors (Lipinski definition) is 4. The third kappa shape index (κ3) is 4.35. The second kappa shape index (κ2) is 8.73. The number of hydrogen-bond donors (Lipinski definition) is 1. The number of aromatic nitrogens is 2. The lowest BCUT2D eigenvalue weighted by Gasteiger charge is -2.52. The summed E-state index contributed by atoms with van der Waals surface area (Å²) in [6.45, 7) is 3.64. The van der Waals surface area contributed by atoms with E-state index in [0.717, 1.165) is 18.7 Å². The minimum atomic E-state index is -0.0359. The van der Waals surface area contributed by atoms with Crippen molar-refractivity contribution in [1.29, 1.82) is 0 Å². The maximum Gasteiger partial charge on any atom is 0.274 e. The number of benzene rings is 2. The van der Waals surface area contributed by atoms with E-state index in [4.69, 9.17) is 0 Å². The molecule has 2 aromatic carbocycles. The first-order valence-electron chi connectivity index (χ1n) is 11.4. The van der Waals surface area contributed by atoms with Crippen LogP contribution < -0.4 is 10.2 Å². The number of rotatable bonds is 6. The summed E-state index contributed by atoms with van der Waals surface area (Å²) in [6.07, 6.45) is 2.16. The highest BCUT2D eigenvalue weighted by atomic mass is 16.2. The Labute approximate surface area is 194 Å². The van der Waals surface area contributed by atoms with Gasteiger partial charge >= 0.3 is 0 Å². The van der Waals surface area contributed by atoms with Gasteiger partial charge in [-0.1, -0.05) is 48.5 Å². The summed E-state index contributed by atoms with van der Waals surface area (Å²) in [5, 5.41) is 7.44. The Morgan fingerprint density at radius 1 is 1.00 bits per heavy atom. The van der Waals surface area contributed by atoms with Gasteiger partial charge in [-0.15, -0.1) is 0 Å². The topological polar surface area (TPSA) is 70.5 Å². The van der Waals surface area contributed by atoms with Gasteiger partial charge in [0, 0.05) is 63.0 Å². The summed E-state index contributed by atoms with van der Waals surface area (Å²) >= 11 is 0. The normalized spacial score (nSPS) is 18.9. The summed E-state index contributed by atoms with van der Waals surface area (Å²) in [5.74, 6) is 0.182. The summed E-state index contributed by atoms with van der Waals surface area (Å²) < 4.78 is 1.65. The van der Waals surface area contributed by atoms with Crippen molar-refractivity contribution in [3.05, 3.63) is 84.2 Å². The predicted octanol–water partition coefficient (Wildman–Crippen LogP) is 2.36. The van der Waals surface area contributed by atoms with Gasteiger partial charge in [0.15, 0.2) is 0 Å². The highest BCUT2D eigenvalue weighted by Crippen LogP contribution is 2.45. The van der Waals surface area contributed by atoms with Crippen LogP contribution in [0.5, 0.6) is 0 Å². The van der Waals surface area contributed by atoms with E-state index in [-0.39, 0.29) is 23.1 Å². The van der Waals surface area contributed by atoms with Gasteiger partial charge in [-0.2, -0.15) is 5.10 Å². The van der Waals surface area contributed by atoms with Gasteiger partial charge in [-0.25, -0.2) is 0 Å².